The van der Waals surface area contributed by atoms with E-state index in [0.717, 1.165) is 22.5 Å². The zero-order chi connectivity index (χ0) is 21.0. The molecule has 2 aromatic rings. The van der Waals surface area contributed by atoms with Gasteiger partial charge in [-0.2, -0.15) is 0 Å². The number of carbonyl (C=O) groups excluding carboxylic acids is 2. The highest BCUT2D eigenvalue weighted by molar-refractivity contribution is 6.19. The molecule has 0 aliphatic carbocycles. The molecule has 0 radical (unpaired) electrons. The standard InChI is InChI=1S/C22H28N4O3/c1-5-26-19-9-8-15(11-17(19)25-20(27)22(2,3)21(26)28)12-23-13-16-7-6-10-24-18(16)14-29-4/h6-11,23H,5,12-14H2,1-4H3,(H,25,27). The van der Waals surface area contributed by atoms with Crippen molar-refractivity contribution >= 4 is 23.2 Å². The first kappa shape index (κ1) is 21.0. The Morgan fingerprint density at radius 2 is 2.00 bits per heavy atom. The van der Waals surface area contributed by atoms with E-state index in [1.54, 1.807) is 32.1 Å². The second-order valence-electron chi connectivity index (χ2n) is 7.63. The van der Waals surface area contributed by atoms with Crippen molar-refractivity contribution in [3.63, 3.8) is 0 Å². The Hall–Kier alpha value is -2.77. The SMILES string of the molecule is CCN1C(=O)C(C)(C)C(=O)Nc2cc(CNCc3cccnc3COC)ccc21. The molecule has 0 atom stereocenters. The van der Waals surface area contributed by atoms with E-state index in [1.807, 2.05) is 37.3 Å². The highest BCUT2D eigenvalue weighted by atomic mass is 16.5. The smallest absolute Gasteiger partial charge is 0.242 e. The lowest BCUT2D eigenvalue weighted by atomic mass is 9.91. The molecule has 1 aromatic carbocycles. The van der Waals surface area contributed by atoms with Crippen molar-refractivity contribution in [2.75, 3.05) is 23.9 Å². The summed E-state index contributed by atoms with van der Waals surface area (Å²) in [6.45, 7) is 7.48. The summed E-state index contributed by atoms with van der Waals surface area (Å²) < 4.78 is 5.20. The average Bonchev–Trinajstić information content (AvgIpc) is 2.77. The number of amides is 2. The van der Waals surface area contributed by atoms with Crippen LogP contribution in [0, 0.1) is 5.41 Å². The Morgan fingerprint density at radius 3 is 2.72 bits per heavy atom. The molecule has 154 valence electrons. The molecule has 0 saturated carbocycles. The molecule has 0 saturated heterocycles. The molecule has 1 aliphatic heterocycles. The maximum absolute atomic E-state index is 12.8. The summed E-state index contributed by atoms with van der Waals surface area (Å²) in [5, 5.41) is 6.34. The topological polar surface area (TPSA) is 83.6 Å². The number of benzene rings is 1. The molecular formula is C22H28N4O3. The molecule has 7 heteroatoms. The number of nitrogens with one attached hydrogen (secondary N) is 2. The lowest BCUT2D eigenvalue weighted by Crippen LogP contribution is -2.45. The summed E-state index contributed by atoms with van der Waals surface area (Å²) in [5.41, 5.74) is 3.31. The van der Waals surface area contributed by atoms with E-state index in [0.29, 0.717) is 31.9 Å². The average molecular weight is 396 g/mol. The van der Waals surface area contributed by atoms with Crippen LogP contribution in [0.25, 0.3) is 0 Å². The first-order valence-electron chi connectivity index (χ1n) is 9.77. The molecule has 0 fully saturated rings. The van der Waals surface area contributed by atoms with Crippen molar-refractivity contribution in [2.45, 2.75) is 40.5 Å². The van der Waals surface area contributed by atoms with Crippen LogP contribution in [0.3, 0.4) is 0 Å². The Balaban J connectivity index is 1.76. The van der Waals surface area contributed by atoms with Crippen molar-refractivity contribution < 1.29 is 14.3 Å². The van der Waals surface area contributed by atoms with Crippen molar-refractivity contribution in [2.24, 2.45) is 5.41 Å². The Kier molecular flexibility index (Phi) is 6.30. The molecule has 0 bridgehead atoms. The van der Waals surface area contributed by atoms with Crippen LogP contribution in [0.2, 0.25) is 0 Å². The zero-order valence-corrected chi connectivity index (χ0v) is 17.4. The van der Waals surface area contributed by atoms with Crippen LogP contribution >= 0.6 is 0 Å². The number of ether oxygens (including phenoxy) is 1. The summed E-state index contributed by atoms with van der Waals surface area (Å²) in [5.74, 6) is -0.478. The first-order chi connectivity index (χ1) is 13.9. The molecular weight excluding hydrogens is 368 g/mol. The third-order valence-corrected chi connectivity index (χ3v) is 5.17. The number of hydrogen-bond acceptors (Lipinski definition) is 5. The maximum atomic E-state index is 12.8. The van der Waals surface area contributed by atoms with Gasteiger partial charge in [0.15, 0.2) is 0 Å². The van der Waals surface area contributed by atoms with E-state index in [9.17, 15) is 9.59 Å². The number of fused-ring (bicyclic) bond motifs is 1. The van der Waals surface area contributed by atoms with Gasteiger partial charge in [-0.15, -0.1) is 0 Å². The summed E-state index contributed by atoms with van der Waals surface area (Å²) >= 11 is 0. The first-order valence-corrected chi connectivity index (χ1v) is 9.77. The van der Waals surface area contributed by atoms with E-state index in [-0.39, 0.29) is 11.8 Å². The number of methoxy groups -OCH3 is 1. The molecule has 2 heterocycles. The maximum Gasteiger partial charge on any atom is 0.242 e. The van der Waals surface area contributed by atoms with Crippen LogP contribution in [0.5, 0.6) is 0 Å². The van der Waals surface area contributed by atoms with Crippen molar-refractivity contribution in [3.05, 3.63) is 53.3 Å². The van der Waals surface area contributed by atoms with E-state index < -0.39 is 5.41 Å². The molecule has 0 spiro atoms. The predicted octanol–water partition coefficient (Wildman–Crippen LogP) is 2.85. The number of carbonyl (C=O) groups is 2. The van der Waals surface area contributed by atoms with Crippen LogP contribution in [0.1, 0.15) is 37.6 Å². The van der Waals surface area contributed by atoms with E-state index in [1.165, 1.54) is 0 Å². The van der Waals surface area contributed by atoms with E-state index >= 15 is 0 Å². The number of aromatic nitrogens is 1. The number of nitrogens with zero attached hydrogens (tertiary/aromatic N) is 2. The molecule has 2 amide bonds. The summed E-state index contributed by atoms with van der Waals surface area (Å²) in [4.78, 5) is 31.4. The van der Waals surface area contributed by atoms with Crippen LogP contribution in [0.4, 0.5) is 11.4 Å². The number of anilines is 2. The fourth-order valence-corrected chi connectivity index (χ4v) is 3.41. The molecule has 2 N–H and O–H groups in total. The molecule has 1 aromatic heterocycles. The predicted molar refractivity (Wildman–Crippen MR) is 112 cm³/mol. The normalized spacial score (nSPS) is 15.7. The lowest BCUT2D eigenvalue weighted by molar-refractivity contribution is -0.136. The van der Waals surface area contributed by atoms with Crippen LogP contribution in [-0.2, 0) is 34.0 Å². The highest BCUT2D eigenvalue weighted by Crippen LogP contribution is 2.35. The molecule has 0 unspecified atom stereocenters. The van der Waals surface area contributed by atoms with Crippen LogP contribution in [0.15, 0.2) is 36.5 Å². The van der Waals surface area contributed by atoms with Crippen molar-refractivity contribution in [1.29, 1.82) is 0 Å². The second kappa shape index (κ2) is 8.71. The fourth-order valence-electron chi connectivity index (χ4n) is 3.41. The fraction of sp³-hybridized carbons (Fsp3) is 0.409. The van der Waals surface area contributed by atoms with Crippen LogP contribution in [-0.4, -0.2) is 30.5 Å². The van der Waals surface area contributed by atoms with Crippen molar-refractivity contribution in [3.8, 4) is 0 Å². The Labute approximate surface area is 171 Å². The number of rotatable bonds is 7. The molecule has 7 nitrogen and oxygen atoms in total. The van der Waals surface area contributed by atoms with Gasteiger partial charge in [-0.25, -0.2) is 0 Å². The van der Waals surface area contributed by atoms with E-state index in [2.05, 4.69) is 15.6 Å². The van der Waals surface area contributed by atoms with Gasteiger partial charge in [0.2, 0.25) is 11.8 Å². The third kappa shape index (κ3) is 4.31. The van der Waals surface area contributed by atoms with Gasteiger partial charge in [-0.3, -0.25) is 14.6 Å². The van der Waals surface area contributed by atoms with E-state index in [4.69, 9.17) is 4.74 Å². The number of hydrogen-bond donors (Lipinski definition) is 2. The quantitative estimate of drug-likeness (QED) is 0.703. The third-order valence-electron chi connectivity index (χ3n) is 5.17. The summed E-state index contributed by atoms with van der Waals surface area (Å²) in [7, 11) is 1.65. The van der Waals surface area contributed by atoms with Gasteiger partial charge in [0.05, 0.1) is 23.7 Å². The largest absolute Gasteiger partial charge is 0.378 e. The number of pyridine rings is 1. The van der Waals surface area contributed by atoms with Gasteiger partial charge in [-0.1, -0.05) is 12.1 Å². The van der Waals surface area contributed by atoms with Gasteiger partial charge in [-0.05, 0) is 50.1 Å². The summed E-state index contributed by atoms with van der Waals surface area (Å²) in [6, 6.07) is 9.74. The molecule has 3 rings (SSSR count). The second-order valence-corrected chi connectivity index (χ2v) is 7.63. The van der Waals surface area contributed by atoms with Gasteiger partial charge < -0.3 is 20.3 Å². The summed E-state index contributed by atoms with van der Waals surface area (Å²) in [6.07, 6.45) is 1.76. The minimum Gasteiger partial charge on any atom is -0.378 e. The van der Waals surface area contributed by atoms with Crippen molar-refractivity contribution in [1.82, 2.24) is 10.3 Å². The van der Waals surface area contributed by atoms with Gasteiger partial charge >= 0.3 is 0 Å². The monoisotopic (exact) mass is 396 g/mol. The van der Waals surface area contributed by atoms with Gasteiger partial charge in [0.1, 0.15) is 5.41 Å². The Bertz CT molecular complexity index is 911. The van der Waals surface area contributed by atoms with Gasteiger partial charge in [0.25, 0.3) is 0 Å². The van der Waals surface area contributed by atoms with Crippen LogP contribution < -0.4 is 15.5 Å². The Morgan fingerprint density at radius 1 is 1.21 bits per heavy atom. The molecule has 1 aliphatic rings. The highest BCUT2D eigenvalue weighted by Gasteiger charge is 2.42. The zero-order valence-electron chi connectivity index (χ0n) is 17.4. The minimum absolute atomic E-state index is 0.190. The molecule has 29 heavy (non-hydrogen) atoms. The van der Waals surface area contributed by atoms with Gasteiger partial charge in [0, 0.05) is 32.9 Å². The minimum atomic E-state index is -1.11. The lowest BCUT2D eigenvalue weighted by Gasteiger charge is -2.26.